The molecule has 0 saturated carbocycles. The van der Waals surface area contributed by atoms with Crippen molar-refractivity contribution in [1.82, 2.24) is 0 Å². The van der Waals surface area contributed by atoms with Crippen LogP contribution in [0.2, 0.25) is 0 Å². The van der Waals surface area contributed by atoms with Crippen LogP contribution in [0.5, 0.6) is 0 Å². The lowest BCUT2D eigenvalue weighted by atomic mass is 10.4. The Hall–Kier alpha value is -1.96. The third kappa shape index (κ3) is 6.16. The Kier molecular flexibility index (Phi) is 6.47. The first-order valence-corrected chi connectivity index (χ1v) is 4.16. The standard InChI is InChI=1S/C10H12O5/c1-4-6-13-9(11)8(3)15-10(12)14-7-5-2/h1,5,8H,2,6-7H2,3H3. The van der Waals surface area contributed by atoms with E-state index in [1.54, 1.807) is 0 Å². The third-order valence-corrected chi connectivity index (χ3v) is 1.22. The molecule has 0 spiro atoms. The number of terminal acetylenes is 1. The fraction of sp³-hybridized carbons (Fsp3) is 0.400. The van der Waals surface area contributed by atoms with Gasteiger partial charge in [0.2, 0.25) is 0 Å². The van der Waals surface area contributed by atoms with Crippen molar-refractivity contribution in [2.45, 2.75) is 13.0 Å². The molecule has 1 atom stereocenters. The first-order valence-electron chi connectivity index (χ1n) is 4.16. The second kappa shape index (κ2) is 7.44. The van der Waals surface area contributed by atoms with Crippen LogP contribution in [0.25, 0.3) is 0 Å². The van der Waals surface area contributed by atoms with Crippen molar-refractivity contribution in [2.24, 2.45) is 0 Å². The highest BCUT2D eigenvalue weighted by Gasteiger charge is 2.19. The van der Waals surface area contributed by atoms with Crippen molar-refractivity contribution < 1.29 is 23.8 Å². The molecule has 15 heavy (non-hydrogen) atoms. The zero-order valence-corrected chi connectivity index (χ0v) is 8.39. The quantitative estimate of drug-likeness (QED) is 0.385. The summed E-state index contributed by atoms with van der Waals surface area (Å²) in [5.41, 5.74) is 0. The van der Waals surface area contributed by atoms with Crippen molar-refractivity contribution in [3.8, 4) is 12.3 Å². The molecule has 0 aliphatic heterocycles. The van der Waals surface area contributed by atoms with Gasteiger partial charge < -0.3 is 14.2 Å². The SMILES string of the molecule is C#CCOC(=O)C(C)OC(=O)OCC=C. The van der Waals surface area contributed by atoms with E-state index in [0.717, 1.165) is 0 Å². The molecule has 0 fully saturated rings. The minimum absolute atomic E-state index is 0.0188. The van der Waals surface area contributed by atoms with Crippen molar-refractivity contribution in [3.05, 3.63) is 12.7 Å². The van der Waals surface area contributed by atoms with E-state index in [0.29, 0.717) is 0 Å². The van der Waals surface area contributed by atoms with Crippen LogP contribution in [0.1, 0.15) is 6.92 Å². The summed E-state index contributed by atoms with van der Waals surface area (Å²) >= 11 is 0. The second-order valence-corrected chi connectivity index (χ2v) is 2.42. The van der Waals surface area contributed by atoms with Gasteiger partial charge in [-0.25, -0.2) is 9.59 Å². The lowest BCUT2D eigenvalue weighted by molar-refractivity contribution is -0.152. The lowest BCUT2D eigenvalue weighted by Gasteiger charge is -2.10. The van der Waals surface area contributed by atoms with Crippen molar-refractivity contribution >= 4 is 12.1 Å². The molecule has 0 N–H and O–H groups in total. The van der Waals surface area contributed by atoms with Gasteiger partial charge in [-0.05, 0) is 6.92 Å². The van der Waals surface area contributed by atoms with Crippen molar-refractivity contribution in [3.63, 3.8) is 0 Å². The molecule has 0 amide bonds. The average molecular weight is 212 g/mol. The average Bonchev–Trinajstić information content (AvgIpc) is 2.22. The Morgan fingerprint density at radius 2 is 2.20 bits per heavy atom. The highest BCUT2D eigenvalue weighted by Crippen LogP contribution is 1.97. The van der Waals surface area contributed by atoms with E-state index in [1.165, 1.54) is 13.0 Å². The lowest BCUT2D eigenvalue weighted by Crippen LogP contribution is -2.26. The molecule has 82 valence electrons. The minimum atomic E-state index is -1.05. The summed E-state index contributed by atoms with van der Waals surface area (Å²) in [7, 11) is 0. The van der Waals surface area contributed by atoms with Crippen LogP contribution in [-0.2, 0) is 19.0 Å². The topological polar surface area (TPSA) is 61.8 Å². The van der Waals surface area contributed by atoms with Crippen molar-refractivity contribution in [1.29, 1.82) is 0 Å². The summed E-state index contributed by atoms with van der Waals surface area (Å²) in [4.78, 5) is 21.9. The zero-order valence-electron chi connectivity index (χ0n) is 8.39. The number of rotatable bonds is 5. The first kappa shape index (κ1) is 13.0. The van der Waals surface area contributed by atoms with Gasteiger partial charge in [-0.2, -0.15) is 0 Å². The number of ether oxygens (including phenoxy) is 3. The summed E-state index contributed by atoms with van der Waals surface area (Å²) in [5.74, 6) is 1.39. The van der Waals surface area contributed by atoms with Gasteiger partial charge in [0.05, 0.1) is 0 Å². The van der Waals surface area contributed by atoms with Gasteiger partial charge in [-0.15, -0.1) is 6.42 Å². The number of hydrogen-bond acceptors (Lipinski definition) is 5. The fourth-order valence-electron chi connectivity index (χ4n) is 0.584. The predicted molar refractivity (Wildman–Crippen MR) is 51.9 cm³/mol. The molecule has 0 rings (SSSR count). The van der Waals surface area contributed by atoms with Gasteiger partial charge in [-0.3, -0.25) is 0 Å². The normalized spacial score (nSPS) is 10.7. The number of carbonyl (C=O) groups is 2. The van der Waals surface area contributed by atoms with Crippen LogP contribution in [0.4, 0.5) is 4.79 Å². The summed E-state index contributed by atoms with van der Waals surface area (Å²) < 4.78 is 13.6. The van der Waals surface area contributed by atoms with Gasteiger partial charge in [0.1, 0.15) is 6.61 Å². The Labute approximate surface area is 88.0 Å². The van der Waals surface area contributed by atoms with E-state index < -0.39 is 18.2 Å². The second-order valence-electron chi connectivity index (χ2n) is 2.42. The maximum atomic E-state index is 11.0. The van der Waals surface area contributed by atoms with Crippen LogP contribution in [0.3, 0.4) is 0 Å². The molecule has 5 nitrogen and oxygen atoms in total. The molecular weight excluding hydrogens is 200 g/mol. The van der Waals surface area contributed by atoms with E-state index in [2.05, 4.69) is 26.7 Å². The zero-order chi connectivity index (χ0) is 11.7. The molecule has 0 aliphatic rings. The molecule has 0 saturated heterocycles. The first-order chi connectivity index (χ1) is 7.11. The summed E-state index contributed by atoms with van der Waals surface area (Å²) in [5, 5.41) is 0. The molecule has 0 aromatic rings. The van der Waals surface area contributed by atoms with E-state index >= 15 is 0 Å². The Morgan fingerprint density at radius 3 is 2.73 bits per heavy atom. The number of esters is 1. The Balaban J connectivity index is 3.85. The molecule has 0 bridgehead atoms. The van der Waals surface area contributed by atoms with Gasteiger partial charge in [0.15, 0.2) is 12.7 Å². The Bertz CT molecular complexity index is 276. The summed E-state index contributed by atoms with van der Waals surface area (Å²) in [6.45, 7) is 4.56. The third-order valence-electron chi connectivity index (χ3n) is 1.22. The summed E-state index contributed by atoms with van der Waals surface area (Å²) in [6, 6.07) is 0. The van der Waals surface area contributed by atoms with Crippen molar-refractivity contribution in [2.75, 3.05) is 13.2 Å². The molecular formula is C10H12O5. The smallest absolute Gasteiger partial charge is 0.450 e. The molecule has 0 aromatic heterocycles. The van der Waals surface area contributed by atoms with Crippen LogP contribution in [0.15, 0.2) is 12.7 Å². The van der Waals surface area contributed by atoms with Crippen LogP contribution in [0, 0.1) is 12.3 Å². The maximum Gasteiger partial charge on any atom is 0.509 e. The highest BCUT2D eigenvalue weighted by molar-refractivity contribution is 5.77. The van der Waals surface area contributed by atoms with Crippen LogP contribution >= 0.6 is 0 Å². The number of carbonyl (C=O) groups excluding carboxylic acids is 2. The van der Waals surface area contributed by atoms with Gasteiger partial charge in [-0.1, -0.05) is 18.6 Å². The summed E-state index contributed by atoms with van der Waals surface area (Å²) in [6.07, 6.45) is 4.25. The minimum Gasteiger partial charge on any atom is -0.450 e. The van der Waals surface area contributed by atoms with Gasteiger partial charge >= 0.3 is 12.1 Å². The van der Waals surface area contributed by atoms with Crippen LogP contribution in [-0.4, -0.2) is 31.4 Å². The van der Waals surface area contributed by atoms with E-state index in [1.807, 2.05) is 0 Å². The molecule has 0 heterocycles. The Morgan fingerprint density at radius 1 is 1.53 bits per heavy atom. The molecule has 0 aliphatic carbocycles. The molecule has 0 aromatic carbocycles. The number of hydrogen-bond donors (Lipinski definition) is 0. The van der Waals surface area contributed by atoms with Gasteiger partial charge in [0.25, 0.3) is 0 Å². The molecule has 5 heteroatoms. The fourth-order valence-corrected chi connectivity index (χ4v) is 0.584. The van der Waals surface area contributed by atoms with Gasteiger partial charge in [0, 0.05) is 0 Å². The molecule has 0 radical (unpaired) electrons. The van der Waals surface area contributed by atoms with E-state index in [4.69, 9.17) is 6.42 Å². The predicted octanol–water partition coefficient (Wildman–Crippen LogP) is 0.891. The monoisotopic (exact) mass is 212 g/mol. The molecule has 1 unspecified atom stereocenters. The van der Waals surface area contributed by atoms with Crippen LogP contribution < -0.4 is 0 Å². The maximum absolute atomic E-state index is 11.0. The largest absolute Gasteiger partial charge is 0.509 e. The van der Waals surface area contributed by atoms with E-state index in [9.17, 15) is 9.59 Å². The van der Waals surface area contributed by atoms with E-state index in [-0.39, 0.29) is 13.2 Å². The highest BCUT2D eigenvalue weighted by atomic mass is 16.7.